The molecule has 144 valence electrons. The van der Waals surface area contributed by atoms with E-state index in [4.69, 9.17) is 14.2 Å². The summed E-state index contributed by atoms with van der Waals surface area (Å²) in [6.07, 6.45) is 2.97. The minimum Gasteiger partial charge on any atom is -0.467 e. The predicted octanol–water partition coefficient (Wildman–Crippen LogP) is 2.77. The number of ether oxygens (including phenoxy) is 3. The van der Waals surface area contributed by atoms with E-state index in [1.807, 2.05) is 0 Å². The van der Waals surface area contributed by atoms with Crippen LogP contribution in [0.5, 0.6) is 5.75 Å². The molecule has 0 saturated carbocycles. The van der Waals surface area contributed by atoms with Crippen LogP contribution in [0.4, 0.5) is 4.39 Å². The fourth-order valence-electron chi connectivity index (χ4n) is 4.63. The highest BCUT2D eigenvalue weighted by molar-refractivity contribution is 5.42. The average Bonchev–Trinajstić information content (AvgIpc) is 3.00. The second kappa shape index (κ2) is 7.80. The first-order valence-electron chi connectivity index (χ1n) is 9.72. The highest BCUT2D eigenvalue weighted by Gasteiger charge is 2.31. The Morgan fingerprint density at radius 3 is 2.81 bits per heavy atom. The van der Waals surface area contributed by atoms with Gasteiger partial charge in [0.1, 0.15) is 11.6 Å². The van der Waals surface area contributed by atoms with Crippen molar-refractivity contribution in [1.29, 1.82) is 0 Å². The van der Waals surface area contributed by atoms with Crippen LogP contribution in [-0.4, -0.2) is 61.0 Å². The normalized spacial score (nSPS) is 30.2. The largest absolute Gasteiger partial charge is 0.467 e. The van der Waals surface area contributed by atoms with E-state index < -0.39 is 0 Å². The maximum atomic E-state index is 14.0. The lowest BCUT2D eigenvalue weighted by Crippen LogP contribution is -2.50. The molecule has 3 aliphatic heterocycles. The van der Waals surface area contributed by atoms with Gasteiger partial charge in [0.25, 0.3) is 0 Å². The van der Waals surface area contributed by atoms with Crippen molar-refractivity contribution in [3.8, 4) is 5.75 Å². The van der Waals surface area contributed by atoms with Crippen LogP contribution in [0.1, 0.15) is 37.8 Å². The zero-order valence-electron chi connectivity index (χ0n) is 15.7. The van der Waals surface area contributed by atoms with E-state index in [0.717, 1.165) is 49.6 Å². The van der Waals surface area contributed by atoms with Gasteiger partial charge in [0.15, 0.2) is 6.79 Å². The van der Waals surface area contributed by atoms with Gasteiger partial charge in [-0.15, -0.1) is 0 Å². The molecule has 3 aliphatic rings. The molecule has 0 spiro atoms. The van der Waals surface area contributed by atoms with Crippen LogP contribution in [-0.2, 0) is 22.6 Å². The molecule has 2 saturated heterocycles. The van der Waals surface area contributed by atoms with Gasteiger partial charge in [0.05, 0.1) is 18.8 Å². The van der Waals surface area contributed by atoms with Gasteiger partial charge in [0, 0.05) is 43.3 Å². The second-order valence-electron chi connectivity index (χ2n) is 7.91. The van der Waals surface area contributed by atoms with Gasteiger partial charge in [-0.05, 0) is 45.4 Å². The molecule has 1 aromatic rings. The molecule has 1 aromatic carbocycles. The van der Waals surface area contributed by atoms with Crippen molar-refractivity contribution in [2.24, 2.45) is 0 Å². The maximum absolute atomic E-state index is 14.0. The third-order valence-corrected chi connectivity index (χ3v) is 5.59. The summed E-state index contributed by atoms with van der Waals surface area (Å²) < 4.78 is 30.9. The Kier molecular flexibility index (Phi) is 5.45. The number of likely N-dealkylation sites (tertiary alicyclic amines) is 1. The molecule has 0 aromatic heterocycles. The van der Waals surface area contributed by atoms with Gasteiger partial charge in [-0.3, -0.25) is 9.80 Å². The molecule has 0 unspecified atom stereocenters. The van der Waals surface area contributed by atoms with Crippen molar-refractivity contribution in [3.63, 3.8) is 0 Å². The van der Waals surface area contributed by atoms with Gasteiger partial charge in [-0.1, -0.05) is 0 Å². The molecule has 4 rings (SSSR count). The molecular weight excluding hydrogens is 335 g/mol. The first kappa shape index (κ1) is 18.2. The van der Waals surface area contributed by atoms with E-state index in [9.17, 15) is 4.39 Å². The van der Waals surface area contributed by atoms with Gasteiger partial charge in [0.2, 0.25) is 0 Å². The van der Waals surface area contributed by atoms with Gasteiger partial charge < -0.3 is 14.2 Å². The zero-order chi connectivity index (χ0) is 18.1. The average molecular weight is 364 g/mol. The monoisotopic (exact) mass is 364 g/mol. The number of fused-ring (bicyclic) bond motifs is 1. The van der Waals surface area contributed by atoms with E-state index in [0.29, 0.717) is 12.6 Å². The fourth-order valence-corrected chi connectivity index (χ4v) is 4.63. The van der Waals surface area contributed by atoms with Crippen molar-refractivity contribution >= 4 is 0 Å². The van der Waals surface area contributed by atoms with Gasteiger partial charge >= 0.3 is 0 Å². The molecule has 26 heavy (non-hydrogen) atoms. The number of halogens is 1. The quantitative estimate of drug-likeness (QED) is 0.821. The number of benzene rings is 1. The lowest BCUT2D eigenvalue weighted by Gasteiger charge is -2.38. The zero-order valence-corrected chi connectivity index (χ0v) is 15.7. The molecule has 0 N–H and O–H groups in total. The maximum Gasteiger partial charge on any atom is 0.189 e. The SMILES string of the molecule is C[C@@H]1CN(C[C@H]2CCCN2Cc2cc(F)cc3c2OCOC3)C[C@@H](C)O1. The first-order valence-corrected chi connectivity index (χ1v) is 9.72. The van der Waals surface area contributed by atoms with Crippen molar-refractivity contribution in [2.45, 2.75) is 58.1 Å². The lowest BCUT2D eigenvalue weighted by atomic mass is 10.1. The van der Waals surface area contributed by atoms with Crippen LogP contribution >= 0.6 is 0 Å². The van der Waals surface area contributed by atoms with E-state index in [-0.39, 0.29) is 24.8 Å². The highest BCUT2D eigenvalue weighted by Crippen LogP contribution is 2.32. The summed E-state index contributed by atoms with van der Waals surface area (Å²) in [4.78, 5) is 5.01. The Hall–Kier alpha value is -1.21. The van der Waals surface area contributed by atoms with Crippen molar-refractivity contribution in [3.05, 3.63) is 29.1 Å². The summed E-state index contributed by atoms with van der Waals surface area (Å²) in [6.45, 7) is 9.79. The number of hydrogen-bond donors (Lipinski definition) is 0. The fraction of sp³-hybridized carbons (Fsp3) is 0.700. The summed E-state index contributed by atoms with van der Waals surface area (Å²) in [5, 5.41) is 0. The predicted molar refractivity (Wildman–Crippen MR) is 96.6 cm³/mol. The summed E-state index contributed by atoms with van der Waals surface area (Å²) in [5.41, 5.74) is 1.76. The number of rotatable bonds is 4. The van der Waals surface area contributed by atoms with E-state index >= 15 is 0 Å². The van der Waals surface area contributed by atoms with Crippen LogP contribution in [0.25, 0.3) is 0 Å². The Labute approximate surface area is 155 Å². The molecule has 0 radical (unpaired) electrons. The van der Waals surface area contributed by atoms with Crippen molar-refractivity contribution < 1.29 is 18.6 Å². The van der Waals surface area contributed by atoms with Crippen LogP contribution in [0, 0.1) is 5.82 Å². The van der Waals surface area contributed by atoms with E-state index in [1.165, 1.54) is 18.9 Å². The van der Waals surface area contributed by atoms with E-state index in [1.54, 1.807) is 6.07 Å². The van der Waals surface area contributed by atoms with Crippen molar-refractivity contribution in [2.75, 3.05) is 33.0 Å². The van der Waals surface area contributed by atoms with Crippen LogP contribution in [0.15, 0.2) is 12.1 Å². The molecule has 0 bridgehead atoms. The summed E-state index contributed by atoms with van der Waals surface area (Å²) >= 11 is 0. The minimum absolute atomic E-state index is 0.209. The molecule has 5 nitrogen and oxygen atoms in total. The third-order valence-electron chi connectivity index (χ3n) is 5.59. The molecule has 0 amide bonds. The molecule has 3 heterocycles. The van der Waals surface area contributed by atoms with Crippen LogP contribution in [0.3, 0.4) is 0 Å². The standard InChI is InChI=1S/C20H29FN2O3/c1-14-8-22(9-15(2)26-14)11-19-4-3-5-23(19)10-16-6-18(21)7-17-12-24-13-25-20(16)17/h6-7,14-15,19H,3-5,8-13H2,1-2H3/t14-,15-,19-/m1/s1. The minimum atomic E-state index is -0.209. The Balaban J connectivity index is 1.45. The number of hydrogen-bond acceptors (Lipinski definition) is 5. The lowest BCUT2D eigenvalue weighted by molar-refractivity contribution is -0.0724. The molecular formula is C20H29FN2O3. The summed E-state index contributed by atoms with van der Waals surface area (Å²) in [7, 11) is 0. The second-order valence-corrected chi connectivity index (χ2v) is 7.91. The van der Waals surface area contributed by atoms with Crippen LogP contribution < -0.4 is 4.74 Å². The van der Waals surface area contributed by atoms with Crippen LogP contribution in [0.2, 0.25) is 0 Å². The molecule has 3 atom stereocenters. The molecule has 6 heteroatoms. The topological polar surface area (TPSA) is 34.2 Å². The smallest absolute Gasteiger partial charge is 0.189 e. The van der Waals surface area contributed by atoms with Crippen molar-refractivity contribution in [1.82, 2.24) is 9.80 Å². The summed E-state index contributed by atoms with van der Waals surface area (Å²) in [5.74, 6) is 0.608. The van der Waals surface area contributed by atoms with E-state index in [2.05, 4.69) is 23.6 Å². The Morgan fingerprint density at radius 2 is 2.00 bits per heavy atom. The first-order chi connectivity index (χ1) is 12.6. The molecule has 2 fully saturated rings. The summed E-state index contributed by atoms with van der Waals surface area (Å²) in [6, 6.07) is 3.65. The number of nitrogens with zero attached hydrogens (tertiary/aromatic N) is 2. The molecule has 0 aliphatic carbocycles. The van der Waals surface area contributed by atoms with Gasteiger partial charge in [-0.25, -0.2) is 4.39 Å². The Morgan fingerprint density at radius 1 is 1.19 bits per heavy atom. The number of morpholine rings is 1. The van der Waals surface area contributed by atoms with Gasteiger partial charge in [-0.2, -0.15) is 0 Å². The highest BCUT2D eigenvalue weighted by atomic mass is 19.1. The third kappa shape index (κ3) is 4.03. The Bertz CT molecular complexity index is 632.